The van der Waals surface area contributed by atoms with Gasteiger partial charge in [0.15, 0.2) is 0 Å². The topological polar surface area (TPSA) is 52.2 Å². The van der Waals surface area contributed by atoms with Gasteiger partial charge < -0.3 is 4.90 Å². The molecule has 2 aromatic rings. The highest BCUT2D eigenvalue weighted by Crippen LogP contribution is 2.22. The lowest BCUT2D eigenvalue weighted by atomic mass is 10.0. The van der Waals surface area contributed by atoms with Gasteiger partial charge in [0, 0.05) is 44.0 Å². The van der Waals surface area contributed by atoms with Crippen molar-refractivity contribution in [2.75, 3.05) is 24.5 Å². The van der Waals surface area contributed by atoms with E-state index in [0.29, 0.717) is 12.5 Å². The third kappa shape index (κ3) is 3.26. The van der Waals surface area contributed by atoms with Gasteiger partial charge in [0.25, 0.3) is 5.56 Å². The van der Waals surface area contributed by atoms with Crippen molar-refractivity contribution in [1.29, 1.82) is 0 Å². The molecule has 0 aliphatic carbocycles. The maximum Gasteiger partial charge on any atom is 0.257 e. The number of fused-ring (bicyclic) bond motifs is 1. The third-order valence-electron chi connectivity index (χ3n) is 5.05. The lowest BCUT2D eigenvalue weighted by Crippen LogP contribution is -2.39. The number of hydrogen-bond donors (Lipinski definition) is 1. The van der Waals surface area contributed by atoms with Crippen LogP contribution in [0.5, 0.6) is 0 Å². The highest BCUT2D eigenvalue weighted by atomic mass is 32.1. The summed E-state index contributed by atoms with van der Waals surface area (Å²) in [5.74, 6) is 1.44. The van der Waals surface area contributed by atoms with Gasteiger partial charge in [-0.15, -0.1) is 11.3 Å². The molecule has 1 N–H and O–H groups in total. The standard InChI is InChI=1S/C18H24N4OS/c1-13-4-2-7-22(10-13)18-19-16-6-8-21(11-14-5-3-9-24-14)12-15(16)17(23)20-18/h3,5,9,13H,2,4,6-8,10-12H2,1H3,(H,19,20,23). The van der Waals surface area contributed by atoms with Crippen molar-refractivity contribution >= 4 is 17.3 Å². The van der Waals surface area contributed by atoms with Crippen LogP contribution in [-0.2, 0) is 19.5 Å². The molecule has 0 spiro atoms. The van der Waals surface area contributed by atoms with Crippen molar-refractivity contribution in [2.45, 2.75) is 39.3 Å². The van der Waals surface area contributed by atoms with Crippen LogP contribution in [0.1, 0.15) is 35.9 Å². The van der Waals surface area contributed by atoms with Gasteiger partial charge in [-0.05, 0) is 30.2 Å². The molecule has 4 rings (SSSR count). The number of hydrogen-bond acceptors (Lipinski definition) is 5. The predicted octanol–water partition coefficient (Wildman–Crippen LogP) is 2.63. The molecule has 1 unspecified atom stereocenters. The van der Waals surface area contributed by atoms with Crippen molar-refractivity contribution < 1.29 is 0 Å². The zero-order valence-corrected chi connectivity index (χ0v) is 14.9. The average molecular weight is 344 g/mol. The van der Waals surface area contributed by atoms with Gasteiger partial charge in [-0.1, -0.05) is 13.0 Å². The summed E-state index contributed by atoms with van der Waals surface area (Å²) in [5.41, 5.74) is 1.89. The fraction of sp³-hybridized carbons (Fsp3) is 0.556. The van der Waals surface area contributed by atoms with Gasteiger partial charge in [-0.25, -0.2) is 4.98 Å². The fourth-order valence-electron chi connectivity index (χ4n) is 3.76. The molecule has 6 heteroatoms. The Kier molecular flexibility index (Phi) is 4.41. The van der Waals surface area contributed by atoms with Crippen molar-refractivity contribution in [3.63, 3.8) is 0 Å². The lowest BCUT2D eigenvalue weighted by Gasteiger charge is -2.33. The second-order valence-electron chi connectivity index (χ2n) is 7.05. The predicted molar refractivity (Wildman–Crippen MR) is 97.6 cm³/mol. The van der Waals surface area contributed by atoms with E-state index in [-0.39, 0.29) is 5.56 Å². The summed E-state index contributed by atoms with van der Waals surface area (Å²) in [5, 5.41) is 2.10. The number of rotatable bonds is 3. The first-order chi connectivity index (χ1) is 11.7. The van der Waals surface area contributed by atoms with Gasteiger partial charge in [-0.2, -0.15) is 0 Å². The molecule has 5 nitrogen and oxygen atoms in total. The Labute approximate surface area is 146 Å². The van der Waals surface area contributed by atoms with Crippen LogP contribution in [0.3, 0.4) is 0 Å². The Bertz CT molecular complexity index is 755. The Morgan fingerprint density at radius 2 is 2.33 bits per heavy atom. The van der Waals surface area contributed by atoms with E-state index in [1.807, 2.05) is 0 Å². The molecular formula is C18H24N4OS. The van der Waals surface area contributed by atoms with Gasteiger partial charge in [-0.3, -0.25) is 14.7 Å². The molecule has 24 heavy (non-hydrogen) atoms. The van der Waals surface area contributed by atoms with E-state index in [4.69, 9.17) is 4.98 Å². The zero-order chi connectivity index (χ0) is 16.5. The first kappa shape index (κ1) is 15.8. The largest absolute Gasteiger partial charge is 0.342 e. The number of aromatic nitrogens is 2. The molecule has 0 bridgehead atoms. The van der Waals surface area contributed by atoms with Gasteiger partial charge in [0.1, 0.15) is 0 Å². The first-order valence-electron chi connectivity index (χ1n) is 8.81. The van der Waals surface area contributed by atoms with Gasteiger partial charge in [0.05, 0.1) is 11.3 Å². The fourth-order valence-corrected chi connectivity index (χ4v) is 4.50. The number of thiophene rings is 1. The number of nitrogens with zero attached hydrogens (tertiary/aromatic N) is 3. The Balaban J connectivity index is 1.53. The minimum Gasteiger partial charge on any atom is -0.342 e. The molecule has 2 aromatic heterocycles. The molecule has 128 valence electrons. The van der Waals surface area contributed by atoms with Crippen LogP contribution in [0.2, 0.25) is 0 Å². The van der Waals surface area contributed by atoms with Crippen molar-refractivity contribution in [3.8, 4) is 0 Å². The molecule has 0 radical (unpaired) electrons. The second-order valence-corrected chi connectivity index (χ2v) is 8.08. The number of aromatic amines is 1. The molecule has 0 amide bonds. The Hall–Kier alpha value is -1.66. The van der Waals surface area contributed by atoms with E-state index in [1.165, 1.54) is 17.7 Å². The normalized spacial score (nSPS) is 21.7. The quantitative estimate of drug-likeness (QED) is 0.930. The van der Waals surface area contributed by atoms with Crippen LogP contribution in [0.25, 0.3) is 0 Å². The second kappa shape index (κ2) is 6.69. The molecule has 2 aliphatic rings. The van der Waals surface area contributed by atoms with Crippen LogP contribution in [0, 0.1) is 5.92 Å². The Morgan fingerprint density at radius 1 is 1.42 bits per heavy atom. The molecule has 0 aromatic carbocycles. The summed E-state index contributed by atoms with van der Waals surface area (Å²) in [6, 6.07) is 4.24. The van der Waals surface area contributed by atoms with Crippen LogP contribution >= 0.6 is 11.3 Å². The molecule has 1 saturated heterocycles. The van der Waals surface area contributed by atoms with E-state index >= 15 is 0 Å². The van der Waals surface area contributed by atoms with Crippen LogP contribution in [0.15, 0.2) is 22.3 Å². The van der Waals surface area contributed by atoms with E-state index in [0.717, 1.165) is 49.8 Å². The highest BCUT2D eigenvalue weighted by Gasteiger charge is 2.24. The van der Waals surface area contributed by atoms with E-state index in [2.05, 4.69) is 39.2 Å². The maximum atomic E-state index is 12.6. The molecule has 2 aliphatic heterocycles. The smallest absolute Gasteiger partial charge is 0.257 e. The summed E-state index contributed by atoms with van der Waals surface area (Å²) < 4.78 is 0. The minimum absolute atomic E-state index is 0.0455. The number of H-pyrrole nitrogens is 1. The molecule has 4 heterocycles. The summed E-state index contributed by atoms with van der Waals surface area (Å²) in [7, 11) is 0. The van der Waals surface area contributed by atoms with E-state index < -0.39 is 0 Å². The molecule has 1 atom stereocenters. The minimum atomic E-state index is 0.0455. The van der Waals surface area contributed by atoms with Crippen molar-refractivity contribution in [1.82, 2.24) is 14.9 Å². The van der Waals surface area contributed by atoms with Crippen LogP contribution < -0.4 is 10.5 Å². The molecule has 1 fully saturated rings. The van der Waals surface area contributed by atoms with Crippen molar-refractivity contribution in [2.24, 2.45) is 5.92 Å². The van der Waals surface area contributed by atoms with Crippen molar-refractivity contribution in [3.05, 3.63) is 44.0 Å². The first-order valence-corrected chi connectivity index (χ1v) is 9.69. The zero-order valence-electron chi connectivity index (χ0n) is 14.1. The number of nitrogens with one attached hydrogen (secondary N) is 1. The third-order valence-corrected chi connectivity index (χ3v) is 5.91. The lowest BCUT2D eigenvalue weighted by molar-refractivity contribution is 0.244. The molecular weight excluding hydrogens is 320 g/mol. The van der Waals surface area contributed by atoms with Crippen LogP contribution in [0.4, 0.5) is 5.95 Å². The average Bonchev–Trinajstić information content (AvgIpc) is 3.08. The summed E-state index contributed by atoms with van der Waals surface area (Å²) in [6.45, 7) is 6.85. The summed E-state index contributed by atoms with van der Waals surface area (Å²) in [4.78, 5) is 26.4. The van der Waals surface area contributed by atoms with Crippen LogP contribution in [-0.4, -0.2) is 34.5 Å². The van der Waals surface area contributed by atoms with E-state index in [1.54, 1.807) is 11.3 Å². The summed E-state index contributed by atoms with van der Waals surface area (Å²) in [6.07, 6.45) is 3.31. The highest BCUT2D eigenvalue weighted by molar-refractivity contribution is 7.09. The maximum absolute atomic E-state index is 12.6. The van der Waals surface area contributed by atoms with Gasteiger partial charge >= 0.3 is 0 Å². The monoisotopic (exact) mass is 344 g/mol. The Morgan fingerprint density at radius 3 is 3.12 bits per heavy atom. The SMILES string of the molecule is CC1CCCN(c2nc3c(c(=O)[nH]2)CN(Cc2cccs2)CC3)C1. The van der Waals surface area contributed by atoms with E-state index in [9.17, 15) is 4.79 Å². The number of piperidine rings is 1. The number of anilines is 1. The summed E-state index contributed by atoms with van der Waals surface area (Å²) >= 11 is 1.77. The molecule has 0 saturated carbocycles. The van der Waals surface area contributed by atoms with Gasteiger partial charge in [0.2, 0.25) is 5.95 Å².